The van der Waals surface area contributed by atoms with Gasteiger partial charge in [-0.1, -0.05) is 84.9 Å². The van der Waals surface area contributed by atoms with E-state index in [1.165, 1.54) is 16.3 Å². The van der Waals surface area contributed by atoms with Gasteiger partial charge in [0.25, 0.3) is 0 Å². The number of hydrogen-bond donors (Lipinski definition) is 2. The molecule has 1 fully saturated rings. The van der Waals surface area contributed by atoms with E-state index in [0.717, 1.165) is 35.2 Å². The molecular weight excluding hydrogens is 460 g/mol. The van der Waals surface area contributed by atoms with Gasteiger partial charge in [0, 0.05) is 31.1 Å². The minimum Gasteiger partial charge on any atom is -0.392 e. The molecule has 1 heterocycles. The van der Waals surface area contributed by atoms with Crippen molar-refractivity contribution in [1.29, 1.82) is 0 Å². The molecule has 0 aliphatic carbocycles. The zero-order chi connectivity index (χ0) is 25.8. The van der Waals surface area contributed by atoms with Gasteiger partial charge in [-0.25, -0.2) is 0 Å². The second-order valence-corrected chi connectivity index (χ2v) is 10.0. The maximum atomic E-state index is 9.45. The highest BCUT2D eigenvalue weighted by Gasteiger charge is 2.33. The van der Waals surface area contributed by atoms with Crippen LogP contribution in [0, 0.1) is 0 Å². The number of ether oxygens (including phenoxy) is 2. The number of likely N-dealkylation sites (N-methyl/N-ethyl adjacent to an activating group) is 1. The molecule has 1 aliphatic heterocycles. The highest BCUT2D eigenvalue weighted by atomic mass is 16.7. The van der Waals surface area contributed by atoms with Crippen LogP contribution >= 0.6 is 0 Å². The van der Waals surface area contributed by atoms with E-state index < -0.39 is 6.29 Å². The number of hydrogen-bond acceptors (Lipinski definition) is 5. The summed E-state index contributed by atoms with van der Waals surface area (Å²) in [6, 6.07) is 31.6. The van der Waals surface area contributed by atoms with Crippen LogP contribution in [0.1, 0.15) is 59.6 Å². The summed E-state index contributed by atoms with van der Waals surface area (Å²) >= 11 is 0. The second-order valence-electron chi connectivity index (χ2n) is 10.0. The molecule has 0 saturated carbocycles. The smallest absolute Gasteiger partial charge is 0.184 e. The Morgan fingerprint density at radius 3 is 2.24 bits per heavy atom. The Kier molecular flexibility index (Phi) is 7.99. The van der Waals surface area contributed by atoms with Gasteiger partial charge in [0.05, 0.1) is 18.8 Å². The van der Waals surface area contributed by atoms with Crippen molar-refractivity contribution in [3.8, 4) is 0 Å². The average molecular weight is 497 g/mol. The first-order valence-electron chi connectivity index (χ1n) is 13.0. The summed E-state index contributed by atoms with van der Waals surface area (Å²) in [6.45, 7) is 3.56. The molecule has 37 heavy (non-hydrogen) atoms. The molecule has 0 radical (unpaired) electrons. The Balaban J connectivity index is 1.35. The Hall–Kier alpha value is -3.06. The standard InChI is InChI=1S/C32H36N2O3/c1-22(28-16-15-25-5-3-4-6-29(25)17-28)34(2)20-30-18-31(26-11-9-24(21-35)10-12-26)37-32(36-30)27-13-7-23(19-33)8-14-27/h3-17,22,30-32,35H,18-21,33H2,1-2H3/t22-,30+,31-,32-/m1/s1. The van der Waals surface area contributed by atoms with E-state index in [1.807, 2.05) is 36.4 Å². The number of rotatable bonds is 8. The van der Waals surface area contributed by atoms with E-state index in [1.54, 1.807) is 0 Å². The lowest BCUT2D eigenvalue weighted by atomic mass is 9.98. The molecule has 0 bridgehead atoms. The number of nitrogens with zero attached hydrogens (tertiary/aromatic N) is 1. The third-order valence-corrected chi connectivity index (χ3v) is 7.51. The summed E-state index contributed by atoms with van der Waals surface area (Å²) in [4.78, 5) is 2.36. The van der Waals surface area contributed by atoms with Crippen molar-refractivity contribution in [2.24, 2.45) is 5.73 Å². The van der Waals surface area contributed by atoms with E-state index in [4.69, 9.17) is 15.2 Å². The first kappa shape index (κ1) is 25.6. The van der Waals surface area contributed by atoms with Gasteiger partial charge < -0.3 is 20.3 Å². The van der Waals surface area contributed by atoms with E-state index in [0.29, 0.717) is 6.54 Å². The van der Waals surface area contributed by atoms with Gasteiger partial charge in [-0.05, 0) is 53.1 Å². The van der Waals surface area contributed by atoms with Crippen LogP contribution < -0.4 is 5.73 Å². The summed E-state index contributed by atoms with van der Waals surface area (Å²) in [7, 11) is 2.16. The van der Waals surface area contributed by atoms with Gasteiger partial charge in [0.2, 0.25) is 0 Å². The van der Waals surface area contributed by atoms with Gasteiger partial charge in [0.15, 0.2) is 6.29 Å². The van der Waals surface area contributed by atoms with E-state index in [-0.39, 0.29) is 24.9 Å². The van der Waals surface area contributed by atoms with Crippen molar-refractivity contribution in [2.45, 2.75) is 51.0 Å². The van der Waals surface area contributed by atoms with E-state index >= 15 is 0 Å². The SMILES string of the molecule is C[C@H](c1ccc2ccccc2c1)N(C)C[C@@H]1C[C@H](c2ccc(CO)cc2)O[C@H](c2ccc(CN)cc2)O1. The van der Waals surface area contributed by atoms with Crippen molar-refractivity contribution < 1.29 is 14.6 Å². The maximum absolute atomic E-state index is 9.45. The van der Waals surface area contributed by atoms with E-state index in [2.05, 4.69) is 73.5 Å². The third-order valence-electron chi connectivity index (χ3n) is 7.51. The fraction of sp³-hybridized carbons (Fsp3) is 0.312. The average Bonchev–Trinajstić information content (AvgIpc) is 2.96. The number of fused-ring (bicyclic) bond motifs is 1. The highest BCUT2D eigenvalue weighted by molar-refractivity contribution is 5.83. The molecule has 5 heteroatoms. The molecule has 1 saturated heterocycles. The van der Waals surface area contributed by atoms with Crippen LogP contribution in [-0.2, 0) is 22.6 Å². The first-order valence-corrected chi connectivity index (χ1v) is 13.0. The molecule has 0 aromatic heterocycles. The summed E-state index contributed by atoms with van der Waals surface area (Å²) in [6.07, 6.45) is 0.181. The van der Waals surface area contributed by atoms with Crippen LogP contribution in [0.4, 0.5) is 0 Å². The molecule has 1 aliphatic rings. The summed E-state index contributed by atoms with van der Waals surface area (Å²) in [5, 5.41) is 12.0. The zero-order valence-electron chi connectivity index (χ0n) is 21.6. The van der Waals surface area contributed by atoms with Crippen molar-refractivity contribution in [3.05, 3.63) is 119 Å². The van der Waals surface area contributed by atoms with Gasteiger partial charge in [-0.15, -0.1) is 0 Å². The number of benzene rings is 4. The lowest BCUT2D eigenvalue weighted by Crippen LogP contribution is -2.38. The lowest BCUT2D eigenvalue weighted by molar-refractivity contribution is -0.253. The second kappa shape index (κ2) is 11.5. The van der Waals surface area contributed by atoms with Crippen molar-refractivity contribution >= 4 is 10.8 Å². The predicted molar refractivity (Wildman–Crippen MR) is 148 cm³/mol. The Bertz CT molecular complexity index is 1250. The van der Waals surface area contributed by atoms with Crippen LogP contribution in [0.2, 0.25) is 0 Å². The topological polar surface area (TPSA) is 68.0 Å². The summed E-state index contributed by atoms with van der Waals surface area (Å²) in [5.74, 6) is 0. The number of aliphatic hydroxyl groups excluding tert-OH is 1. The Morgan fingerprint density at radius 2 is 1.54 bits per heavy atom. The van der Waals surface area contributed by atoms with Crippen LogP contribution in [0.3, 0.4) is 0 Å². The third kappa shape index (κ3) is 5.93. The molecule has 0 spiro atoms. The zero-order valence-corrected chi connectivity index (χ0v) is 21.6. The quantitative estimate of drug-likeness (QED) is 0.312. The maximum Gasteiger partial charge on any atom is 0.184 e. The van der Waals surface area contributed by atoms with Crippen LogP contribution in [0.25, 0.3) is 10.8 Å². The Labute approximate surface area is 219 Å². The summed E-state index contributed by atoms with van der Waals surface area (Å²) in [5.41, 5.74) is 11.1. The van der Waals surface area contributed by atoms with Gasteiger partial charge in [0.1, 0.15) is 0 Å². The monoisotopic (exact) mass is 496 g/mol. The van der Waals surface area contributed by atoms with Crippen molar-refractivity contribution in [3.63, 3.8) is 0 Å². The molecule has 0 unspecified atom stereocenters. The largest absolute Gasteiger partial charge is 0.392 e. The van der Waals surface area contributed by atoms with Crippen LogP contribution in [0.5, 0.6) is 0 Å². The molecule has 4 atom stereocenters. The predicted octanol–water partition coefficient (Wildman–Crippen LogP) is 6.03. The molecule has 5 nitrogen and oxygen atoms in total. The van der Waals surface area contributed by atoms with Gasteiger partial charge >= 0.3 is 0 Å². The van der Waals surface area contributed by atoms with Gasteiger partial charge in [-0.3, -0.25) is 4.90 Å². The Morgan fingerprint density at radius 1 is 0.865 bits per heavy atom. The molecule has 192 valence electrons. The van der Waals surface area contributed by atoms with Crippen LogP contribution in [-0.4, -0.2) is 29.7 Å². The van der Waals surface area contributed by atoms with Crippen molar-refractivity contribution in [1.82, 2.24) is 4.90 Å². The molecule has 4 aromatic rings. The fourth-order valence-electron chi connectivity index (χ4n) is 5.05. The fourth-order valence-corrected chi connectivity index (χ4v) is 5.05. The molecular formula is C32H36N2O3. The molecule has 3 N–H and O–H groups in total. The first-order chi connectivity index (χ1) is 18.0. The lowest BCUT2D eigenvalue weighted by Gasteiger charge is -2.39. The van der Waals surface area contributed by atoms with Crippen molar-refractivity contribution in [2.75, 3.05) is 13.6 Å². The minimum absolute atomic E-state index is 0.0108. The summed E-state index contributed by atoms with van der Waals surface area (Å²) < 4.78 is 13.0. The molecule has 5 rings (SSSR count). The van der Waals surface area contributed by atoms with Gasteiger partial charge in [-0.2, -0.15) is 0 Å². The normalized spacial score (nSPS) is 20.8. The molecule has 4 aromatic carbocycles. The molecule has 0 amide bonds. The number of aliphatic hydroxyl groups is 1. The van der Waals surface area contributed by atoms with Crippen LogP contribution in [0.15, 0.2) is 91.0 Å². The number of nitrogens with two attached hydrogens (primary N) is 1. The highest BCUT2D eigenvalue weighted by Crippen LogP contribution is 2.38. The van der Waals surface area contributed by atoms with E-state index in [9.17, 15) is 5.11 Å². The minimum atomic E-state index is -0.461.